The molecule has 2 saturated carbocycles. The molecule has 2 aliphatic carbocycles. The minimum atomic E-state index is 0. The monoisotopic (exact) mass is 473 g/mol. The second-order valence-corrected chi connectivity index (χ2v) is 6.55. The molecule has 0 bridgehead atoms. The van der Waals surface area contributed by atoms with Crippen molar-refractivity contribution >= 4 is 0 Å². The fourth-order valence-electron chi connectivity index (χ4n) is 2.89. The summed E-state index contributed by atoms with van der Waals surface area (Å²) in [5.41, 5.74) is 0. The van der Waals surface area contributed by atoms with E-state index < -0.39 is 0 Å². The van der Waals surface area contributed by atoms with Gasteiger partial charge in [-0.05, 0) is 0 Å². The Morgan fingerprint density at radius 3 is 0.303 bits per heavy atom. The Hall–Kier alpha value is -1.56. The maximum Gasteiger partial charge on any atom is 0 e. The van der Waals surface area contributed by atoms with Gasteiger partial charge in [-0.3, -0.25) is 0 Å². The van der Waals surface area contributed by atoms with Gasteiger partial charge in [0.25, 0.3) is 0 Å². The SMILES string of the molecule is C.C.C.C.C.C.C.C.C.C1CCCCC1.C1CCCCC1.[HH].[HH].c1ccccc1.c1ccccc1. The summed E-state index contributed by atoms with van der Waals surface area (Å²) in [4.78, 5) is 0. The lowest BCUT2D eigenvalue weighted by atomic mass is 10.0. The fraction of sp³-hybridized carbons (Fsp3) is 0.636. The Balaban J connectivity index is -0.0000000221. The summed E-state index contributed by atoms with van der Waals surface area (Å²) in [6.45, 7) is 0. The molecule has 0 nitrogen and oxygen atoms in total. The van der Waals surface area contributed by atoms with E-state index in [1.165, 1.54) is 77.0 Å². The molecule has 2 aromatic carbocycles. The van der Waals surface area contributed by atoms with Gasteiger partial charge in [0.05, 0.1) is 0 Å². The van der Waals surface area contributed by atoms with E-state index in [0.717, 1.165) is 0 Å². The molecule has 33 heavy (non-hydrogen) atoms. The lowest BCUT2D eigenvalue weighted by Gasteiger charge is -2.05. The van der Waals surface area contributed by atoms with Gasteiger partial charge in [0, 0.05) is 2.85 Å². The molecule has 0 atom stereocenters. The van der Waals surface area contributed by atoms with Crippen LogP contribution < -0.4 is 0 Å². The van der Waals surface area contributed by atoms with E-state index in [1.807, 2.05) is 72.8 Å². The maximum atomic E-state index is 2.00. The zero-order valence-electron chi connectivity index (χ0n) is 15.4. The molecule has 0 aromatic heterocycles. The van der Waals surface area contributed by atoms with Crippen LogP contribution in [0.2, 0.25) is 0 Å². The van der Waals surface area contributed by atoms with E-state index in [0.29, 0.717) is 0 Å². The van der Waals surface area contributed by atoms with E-state index in [2.05, 4.69) is 0 Å². The summed E-state index contributed by atoms with van der Waals surface area (Å²) in [5, 5.41) is 0. The molecule has 0 heteroatoms. The highest BCUT2D eigenvalue weighted by Gasteiger charge is 1.96. The summed E-state index contributed by atoms with van der Waals surface area (Å²) in [5.74, 6) is 0. The summed E-state index contributed by atoms with van der Waals surface area (Å²) >= 11 is 0. The lowest BCUT2D eigenvalue weighted by Crippen LogP contribution is -1.85. The molecular weight excluding hydrogens is 396 g/mol. The predicted octanol–water partition coefficient (Wildman–Crippen LogP) is 14.3. The van der Waals surface area contributed by atoms with Crippen LogP contribution in [0.25, 0.3) is 0 Å². The van der Waals surface area contributed by atoms with Gasteiger partial charge >= 0.3 is 0 Å². The third kappa shape index (κ3) is 48.9. The molecule has 0 aliphatic heterocycles. The molecule has 208 valence electrons. The summed E-state index contributed by atoms with van der Waals surface area (Å²) in [7, 11) is 0. The van der Waals surface area contributed by atoms with E-state index in [-0.39, 0.29) is 69.7 Å². The standard InChI is InChI=1S/2C6H12.2C6H6.9CH4.2H2/c4*1-2-4-6-5-3-1;;;;;;;;;;;/h2*1-6H2;2*1-6H;9*1H4;2*1H. The van der Waals surface area contributed by atoms with Gasteiger partial charge in [-0.15, -0.1) is 0 Å². The zero-order valence-corrected chi connectivity index (χ0v) is 15.4. The topological polar surface area (TPSA) is 0 Å². The molecule has 0 heterocycles. The van der Waals surface area contributed by atoms with E-state index in [9.17, 15) is 0 Å². The molecule has 0 amide bonds. The number of hydrogen-bond donors (Lipinski definition) is 0. The molecule has 4 rings (SSSR count). The van der Waals surface area contributed by atoms with Crippen LogP contribution in [0.4, 0.5) is 0 Å². The Morgan fingerprint density at radius 2 is 0.242 bits per heavy atom. The van der Waals surface area contributed by atoms with Gasteiger partial charge in [-0.2, -0.15) is 0 Å². The van der Waals surface area contributed by atoms with E-state index >= 15 is 0 Å². The molecular formula is C33H76. The van der Waals surface area contributed by atoms with Gasteiger partial charge < -0.3 is 0 Å². The Labute approximate surface area is 219 Å². The third-order valence-corrected chi connectivity index (χ3v) is 4.33. The Morgan fingerprint density at radius 1 is 0.182 bits per heavy atom. The molecule has 0 radical (unpaired) electrons. The van der Waals surface area contributed by atoms with Crippen LogP contribution in [-0.2, 0) is 0 Å². The zero-order chi connectivity index (χ0) is 17.0. The minimum Gasteiger partial charge on any atom is -0.0776 e. The maximum absolute atomic E-state index is 2.00. The van der Waals surface area contributed by atoms with Crippen LogP contribution >= 0.6 is 0 Å². The molecule has 2 aliphatic rings. The van der Waals surface area contributed by atoms with Crippen molar-refractivity contribution in [2.24, 2.45) is 0 Å². The van der Waals surface area contributed by atoms with Gasteiger partial charge in [-0.1, -0.05) is 217 Å². The quantitative estimate of drug-likeness (QED) is 0.357. The summed E-state index contributed by atoms with van der Waals surface area (Å²) < 4.78 is 0. The highest BCUT2D eigenvalue weighted by atomic mass is 14.0. The Kier molecular flexibility index (Phi) is 91.9. The van der Waals surface area contributed by atoms with Crippen molar-refractivity contribution in [1.82, 2.24) is 0 Å². The van der Waals surface area contributed by atoms with Crippen LogP contribution in [-0.4, -0.2) is 0 Å². The van der Waals surface area contributed by atoms with Gasteiger partial charge in [0.1, 0.15) is 0 Å². The lowest BCUT2D eigenvalue weighted by molar-refractivity contribution is 0.504. The smallest absolute Gasteiger partial charge is 0 e. The van der Waals surface area contributed by atoms with Crippen LogP contribution in [0.3, 0.4) is 0 Å². The Bertz CT molecular complexity index is 303. The van der Waals surface area contributed by atoms with Gasteiger partial charge in [0.15, 0.2) is 0 Å². The highest BCUT2D eigenvalue weighted by molar-refractivity contribution is 4.99. The first-order valence-electron chi connectivity index (χ1n) is 10.00. The van der Waals surface area contributed by atoms with Crippen molar-refractivity contribution < 1.29 is 2.85 Å². The average molecular weight is 473 g/mol. The normalized spacial score (nSPS) is 11.6. The first-order chi connectivity index (χ1) is 12.0. The molecule has 0 saturated heterocycles. The van der Waals surface area contributed by atoms with E-state index in [1.54, 1.807) is 0 Å². The van der Waals surface area contributed by atoms with Crippen molar-refractivity contribution in [2.45, 2.75) is 144 Å². The van der Waals surface area contributed by atoms with Crippen LogP contribution in [0, 0.1) is 0 Å². The second-order valence-electron chi connectivity index (χ2n) is 6.55. The summed E-state index contributed by atoms with van der Waals surface area (Å²) in [6, 6.07) is 24.0. The van der Waals surface area contributed by atoms with Crippen LogP contribution in [0.5, 0.6) is 0 Å². The van der Waals surface area contributed by atoms with E-state index in [4.69, 9.17) is 0 Å². The first kappa shape index (κ1) is 57.9. The largest absolute Gasteiger partial charge is 0.0776 e. The third-order valence-electron chi connectivity index (χ3n) is 4.33. The van der Waals surface area contributed by atoms with Gasteiger partial charge in [0.2, 0.25) is 0 Å². The van der Waals surface area contributed by atoms with Crippen molar-refractivity contribution in [3.63, 3.8) is 0 Å². The predicted molar refractivity (Wildman–Crippen MR) is 173 cm³/mol. The van der Waals surface area contributed by atoms with Crippen LogP contribution in [0.15, 0.2) is 72.8 Å². The molecule has 2 aromatic rings. The second kappa shape index (κ2) is 52.4. The average Bonchev–Trinajstić information content (AvgIpc) is 2.75. The highest BCUT2D eigenvalue weighted by Crippen LogP contribution is 2.15. The number of benzene rings is 2. The van der Waals surface area contributed by atoms with Crippen molar-refractivity contribution in [1.29, 1.82) is 0 Å². The van der Waals surface area contributed by atoms with Crippen molar-refractivity contribution in [2.75, 3.05) is 0 Å². The first-order valence-corrected chi connectivity index (χ1v) is 10.00. The molecule has 0 N–H and O–H groups in total. The minimum absolute atomic E-state index is 0. The molecule has 2 fully saturated rings. The molecule has 0 spiro atoms. The number of hydrogen-bond acceptors (Lipinski definition) is 0. The fourth-order valence-corrected chi connectivity index (χ4v) is 2.89. The van der Waals surface area contributed by atoms with Gasteiger partial charge in [-0.25, -0.2) is 0 Å². The van der Waals surface area contributed by atoms with Crippen LogP contribution in [0.1, 0.15) is 147 Å². The van der Waals surface area contributed by atoms with Crippen molar-refractivity contribution in [3.05, 3.63) is 72.8 Å². The van der Waals surface area contributed by atoms with Crippen molar-refractivity contribution in [3.8, 4) is 0 Å². The summed E-state index contributed by atoms with van der Waals surface area (Å²) in [6.07, 6.45) is 18.0. The molecule has 0 unspecified atom stereocenters. The number of rotatable bonds is 0.